The van der Waals surface area contributed by atoms with Crippen LogP contribution in [-0.4, -0.2) is 42.7 Å². The Balaban J connectivity index is 1.72. The van der Waals surface area contributed by atoms with Crippen molar-refractivity contribution in [3.63, 3.8) is 0 Å². The van der Waals surface area contributed by atoms with Crippen LogP contribution in [0.3, 0.4) is 0 Å². The highest BCUT2D eigenvalue weighted by Crippen LogP contribution is 2.37. The molecule has 1 saturated carbocycles. The zero-order chi connectivity index (χ0) is 10.4. The molecule has 4 aliphatic rings. The maximum Gasteiger partial charge on any atom is 0.229 e. The van der Waals surface area contributed by atoms with E-state index in [0.29, 0.717) is 18.4 Å². The number of carbonyl (C=O) groups is 1. The van der Waals surface area contributed by atoms with Crippen molar-refractivity contribution < 1.29 is 9.18 Å². The fraction of sp³-hybridized carbons (Fsp3) is 0.909. The Kier molecular flexibility index (Phi) is 2.20. The van der Waals surface area contributed by atoms with Crippen LogP contribution in [-0.2, 0) is 4.79 Å². The summed E-state index contributed by atoms with van der Waals surface area (Å²) < 4.78 is 12.9. The molecular weight excluding hydrogens is 195 g/mol. The molecule has 4 atom stereocenters. The number of carbonyl (C=O) groups excluding carboxylic acids is 1. The molecule has 2 bridgehead atoms. The number of rotatable bonds is 1. The third kappa shape index (κ3) is 1.65. The van der Waals surface area contributed by atoms with Gasteiger partial charge in [-0.25, -0.2) is 4.39 Å². The molecule has 1 N–H and O–H groups in total. The number of amides is 1. The second-order valence-electron chi connectivity index (χ2n) is 5.10. The van der Waals surface area contributed by atoms with E-state index in [2.05, 4.69) is 5.32 Å². The molecule has 15 heavy (non-hydrogen) atoms. The number of piperidine rings is 1. The monoisotopic (exact) mass is 212 g/mol. The van der Waals surface area contributed by atoms with E-state index in [9.17, 15) is 9.18 Å². The molecule has 2 unspecified atom stereocenters. The summed E-state index contributed by atoms with van der Waals surface area (Å²) in [5, 5.41) is 3.38. The lowest BCUT2D eigenvalue weighted by molar-refractivity contribution is -0.137. The number of nitrogens with one attached hydrogen (secondary N) is 1. The maximum absolute atomic E-state index is 12.9. The number of fused-ring (bicyclic) bond motifs is 4. The lowest BCUT2D eigenvalue weighted by atomic mass is 9.94. The Hall–Kier alpha value is -0.640. The van der Waals surface area contributed by atoms with Gasteiger partial charge in [-0.2, -0.15) is 0 Å². The summed E-state index contributed by atoms with van der Waals surface area (Å²) >= 11 is 0. The molecule has 4 rings (SSSR count). The van der Waals surface area contributed by atoms with Crippen LogP contribution in [0.2, 0.25) is 0 Å². The number of hydrogen-bond donors (Lipinski definition) is 1. The average molecular weight is 212 g/mol. The van der Waals surface area contributed by atoms with Crippen molar-refractivity contribution >= 4 is 5.91 Å². The molecule has 84 valence electrons. The fourth-order valence-corrected chi connectivity index (χ4v) is 2.84. The highest BCUT2D eigenvalue weighted by molar-refractivity contribution is 5.82. The molecule has 0 radical (unpaired) electrons. The van der Waals surface area contributed by atoms with Gasteiger partial charge in [0.2, 0.25) is 5.91 Å². The molecule has 1 aliphatic carbocycles. The second kappa shape index (κ2) is 3.44. The van der Waals surface area contributed by atoms with Gasteiger partial charge < -0.3 is 10.2 Å². The summed E-state index contributed by atoms with van der Waals surface area (Å²) in [5.74, 6) is 0.356. The van der Waals surface area contributed by atoms with Crippen LogP contribution in [0.25, 0.3) is 0 Å². The van der Waals surface area contributed by atoms with Crippen LogP contribution < -0.4 is 5.32 Å². The van der Waals surface area contributed by atoms with Gasteiger partial charge in [0.05, 0.1) is 5.92 Å². The predicted molar refractivity (Wildman–Crippen MR) is 54.1 cm³/mol. The molecule has 0 spiro atoms. The zero-order valence-electron chi connectivity index (χ0n) is 8.79. The Morgan fingerprint density at radius 1 is 1.33 bits per heavy atom. The van der Waals surface area contributed by atoms with E-state index in [1.54, 1.807) is 0 Å². The van der Waals surface area contributed by atoms with E-state index in [1.165, 1.54) is 6.42 Å². The first kappa shape index (κ1) is 9.58. The molecule has 3 aliphatic heterocycles. The Bertz CT molecular complexity index is 280. The van der Waals surface area contributed by atoms with Crippen molar-refractivity contribution in [3.05, 3.63) is 0 Å². The van der Waals surface area contributed by atoms with Crippen molar-refractivity contribution in [3.8, 4) is 0 Å². The molecule has 0 aromatic heterocycles. The normalized spacial score (nSPS) is 43.9. The van der Waals surface area contributed by atoms with Gasteiger partial charge in [-0.05, 0) is 31.7 Å². The van der Waals surface area contributed by atoms with E-state index >= 15 is 0 Å². The van der Waals surface area contributed by atoms with E-state index in [0.717, 1.165) is 26.1 Å². The summed E-state index contributed by atoms with van der Waals surface area (Å²) in [6.45, 7) is 2.76. The number of hydrogen-bond acceptors (Lipinski definition) is 2. The summed E-state index contributed by atoms with van der Waals surface area (Å²) in [6, 6.07) is 0.323. The van der Waals surface area contributed by atoms with Crippen LogP contribution in [0.1, 0.15) is 19.3 Å². The van der Waals surface area contributed by atoms with Gasteiger partial charge in [-0.1, -0.05) is 0 Å². The molecule has 4 fully saturated rings. The summed E-state index contributed by atoms with van der Waals surface area (Å²) in [5.41, 5.74) is 0. The van der Waals surface area contributed by atoms with Gasteiger partial charge in [-0.15, -0.1) is 0 Å². The van der Waals surface area contributed by atoms with Gasteiger partial charge in [0.25, 0.3) is 0 Å². The number of nitrogens with zero attached hydrogens (tertiary/aromatic N) is 1. The van der Waals surface area contributed by atoms with E-state index in [4.69, 9.17) is 0 Å². The van der Waals surface area contributed by atoms with Crippen LogP contribution in [0.4, 0.5) is 4.39 Å². The molecule has 3 nitrogen and oxygen atoms in total. The minimum Gasteiger partial charge on any atom is -0.338 e. The Labute approximate surface area is 89.0 Å². The smallest absolute Gasteiger partial charge is 0.229 e. The van der Waals surface area contributed by atoms with Gasteiger partial charge in [0.15, 0.2) is 0 Å². The molecule has 4 heteroatoms. The first-order chi connectivity index (χ1) is 7.25. The molecule has 0 aromatic rings. The minimum atomic E-state index is -0.854. The molecule has 3 saturated heterocycles. The fourth-order valence-electron chi connectivity index (χ4n) is 2.84. The lowest BCUT2D eigenvalue weighted by Gasteiger charge is -2.36. The second-order valence-corrected chi connectivity index (χ2v) is 5.10. The van der Waals surface area contributed by atoms with Crippen molar-refractivity contribution in [2.45, 2.75) is 31.5 Å². The zero-order valence-corrected chi connectivity index (χ0v) is 8.79. The van der Waals surface area contributed by atoms with Crippen LogP contribution in [0, 0.1) is 11.8 Å². The molecule has 3 heterocycles. The Morgan fingerprint density at radius 2 is 2.13 bits per heavy atom. The van der Waals surface area contributed by atoms with Crippen molar-refractivity contribution in [2.75, 3.05) is 19.6 Å². The summed E-state index contributed by atoms with van der Waals surface area (Å²) in [4.78, 5) is 13.9. The summed E-state index contributed by atoms with van der Waals surface area (Å²) in [7, 11) is 0. The number of alkyl halides is 1. The highest BCUT2D eigenvalue weighted by Gasteiger charge is 2.48. The molecular formula is C11H17FN2O. The molecule has 0 aromatic carbocycles. The SMILES string of the molecule is O=C(C1C[C@@H]1F)N1C[C@@H]2CCC1CNC2. The van der Waals surface area contributed by atoms with Crippen LogP contribution in [0.5, 0.6) is 0 Å². The van der Waals surface area contributed by atoms with Crippen molar-refractivity contribution in [1.29, 1.82) is 0 Å². The Morgan fingerprint density at radius 3 is 2.87 bits per heavy atom. The predicted octanol–water partition coefficient (Wildman–Crippen LogP) is 0.555. The quantitative estimate of drug-likeness (QED) is 0.688. The number of halogens is 1. The maximum atomic E-state index is 12.9. The largest absolute Gasteiger partial charge is 0.338 e. The van der Waals surface area contributed by atoms with Gasteiger partial charge in [0.1, 0.15) is 6.17 Å². The van der Waals surface area contributed by atoms with E-state index in [1.807, 2.05) is 4.90 Å². The molecule has 1 amide bonds. The third-order valence-corrected chi connectivity index (χ3v) is 3.93. The van der Waals surface area contributed by atoms with Crippen LogP contribution in [0.15, 0.2) is 0 Å². The third-order valence-electron chi connectivity index (χ3n) is 3.93. The van der Waals surface area contributed by atoms with Gasteiger partial charge >= 0.3 is 0 Å². The highest BCUT2D eigenvalue weighted by atomic mass is 19.1. The van der Waals surface area contributed by atoms with E-state index < -0.39 is 6.17 Å². The van der Waals surface area contributed by atoms with Gasteiger partial charge in [-0.3, -0.25) is 4.79 Å². The standard InChI is InChI=1S/C11H17FN2O/c12-10-3-9(10)11(15)14-6-7-1-2-8(14)5-13-4-7/h7-10,13H,1-6H2/t7-,8?,9?,10+/m1/s1. The van der Waals surface area contributed by atoms with Crippen molar-refractivity contribution in [2.24, 2.45) is 11.8 Å². The topological polar surface area (TPSA) is 32.3 Å². The minimum absolute atomic E-state index is 0.0703. The first-order valence-corrected chi connectivity index (χ1v) is 5.91. The van der Waals surface area contributed by atoms with Crippen molar-refractivity contribution in [1.82, 2.24) is 10.2 Å². The van der Waals surface area contributed by atoms with E-state index in [-0.39, 0.29) is 11.8 Å². The van der Waals surface area contributed by atoms with Gasteiger partial charge in [0, 0.05) is 19.1 Å². The first-order valence-electron chi connectivity index (χ1n) is 5.91. The average Bonchev–Trinajstić information content (AvgIpc) is 3.00. The lowest BCUT2D eigenvalue weighted by Crippen LogP contribution is -2.48. The summed E-state index contributed by atoms with van der Waals surface area (Å²) in [6.07, 6.45) is 1.91. The van der Waals surface area contributed by atoms with Crippen LogP contribution >= 0.6 is 0 Å².